The van der Waals surface area contributed by atoms with Crippen LogP contribution in [-0.4, -0.2) is 30.4 Å². The van der Waals surface area contributed by atoms with E-state index in [1.807, 2.05) is 13.8 Å². The summed E-state index contributed by atoms with van der Waals surface area (Å²) >= 11 is 0. The maximum Gasteiger partial charge on any atom is 0.416 e. The number of benzene rings is 1. The fourth-order valence-electron chi connectivity index (χ4n) is 3.42. The lowest BCUT2D eigenvalue weighted by Gasteiger charge is -2.31. The third kappa shape index (κ3) is 5.85. The molecule has 1 fully saturated rings. The summed E-state index contributed by atoms with van der Waals surface area (Å²) in [6, 6.07) is 3.06. The number of carbonyl (C=O) groups excluding carboxylic acids is 2. The molecule has 0 aliphatic carbocycles. The summed E-state index contributed by atoms with van der Waals surface area (Å²) < 4.78 is 39.9. The van der Waals surface area contributed by atoms with Gasteiger partial charge in [0.15, 0.2) is 0 Å². The van der Waals surface area contributed by atoms with Crippen molar-refractivity contribution in [2.45, 2.75) is 51.7 Å². The molecule has 1 unspecified atom stereocenters. The molecule has 1 aromatic rings. The molecule has 1 heterocycles. The molecule has 1 saturated heterocycles. The van der Waals surface area contributed by atoms with Gasteiger partial charge in [0.1, 0.15) is 0 Å². The zero-order valence-electron chi connectivity index (χ0n) is 16.2. The van der Waals surface area contributed by atoms with Crippen LogP contribution in [0, 0.1) is 5.92 Å². The lowest BCUT2D eigenvalue weighted by molar-refractivity contribution is -0.137. The van der Waals surface area contributed by atoms with Gasteiger partial charge in [-0.2, -0.15) is 13.2 Å². The molecule has 158 valence electrons. The number of hydrogen-bond acceptors (Lipinski definition) is 3. The highest BCUT2D eigenvalue weighted by atomic mass is 35.5. The molecule has 1 atom stereocenters. The van der Waals surface area contributed by atoms with E-state index < -0.39 is 23.2 Å². The van der Waals surface area contributed by atoms with Crippen LogP contribution in [0.4, 0.5) is 18.9 Å². The molecule has 0 spiro atoms. The van der Waals surface area contributed by atoms with Crippen molar-refractivity contribution in [1.82, 2.24) is 5.32 Å². The lowest BCUT2D eigenvalue weighted by Crippen LogP contribution is -2.52. The van der Waals surface area contributed by atoms with Crippen LogP contribution in [-0.2, 0) is 11.0 Å². The molecule has 1 aliphatic rings. The average Bonchev–Trinajstić information content (AvgIpc) is 2.99. The Morgan fingerprint density at radius 3 is 2.39 bits per heavy atom. The zero-order chi connectivity index (χ0) is 20.4. The Morgan fingerprint density at radius 2 is 1.93 bits per heavy atom. The highest BCUT2D eigenvalue weighted by Crippen LogP contribution is 2.34. The first-order valence-electron chi connectivity index (χ1n) is 9.00. The van der Waals surface area contributed by atoms with Gasteiger partial charge in [0.25, 0.3) is 5.91 Å². The van der Waals surface area contributed by atoms with Crippen LogP contribution in [0.15, 0.2) is 18.2 Å². The van der Waals surface area contributed by atoms with E-state index in [1.165, 1.54) is 11.0 Å². The van der Waals surface area contributed by atoms with Crippen LogP contribution in [0.5, 0.6) is 0 Å². The van der Waals surface area contributed by atoms with E-state index in [0.717, 1.165) is 12.1 Å². The summed E-state index contributed by atoms with van der Waals surface area (Å²) in [5.41, 5.74) is 4.05. The largest absolute Gasteiger partial charge is 0.416 e. The number of nitrogens with zero attached hydrogens (tertiary/aromatic N) is 1. The maximum atomic E-state index is 13.3. The molecule has 9 heteroatoms. The first kappa shape index (κ1) is 24.2. The van der Waals surface area contributed by atoms with Crippen molar-refractivity contribution in [2.75, 3.05) is 18.0 Å². The minimum atomic E-state index is -4.62. The maximum absolute atomic E-state index is 13.3. The van der Waals surface area contributed by atoms with Gasteiger partial charge in [0, 0.05) is 36.3 Å². The first-order chi connectivity index (χ1) is 12.4. The Morgan fingerprint density at radius 1 is 1.29 bits per heavy atom. The fourth-order valence-corrected chi connectivity index (χ4v) is 3.42. The lowest BCUT2D eigenvalue weighted by atomic mass is 9.90. The van der Waals surface area contributed by atoms with E-state index in [1.54, 1.807) is 6.92 Å². The van der Waals surface area contributed by atoms with Crippen molar-refractivity contribution in [3.8, 4) is 0 Å². The van der Waals surface area contributed by atoms with Gasteiger partial charge in [-0.15, -0.1) is 12.4 Å². The summed E-state index contributed by atoms with van der Waals surface area (Å²) in [4.78, 5) is 25.9. The quantitative estimate of drug-likeness (QED) is 0.734. The Bertz CT molecular complexity index is 725. The second-order valence-corrected chi connectivity index (χ2v) is 7.73. The molecule has 28 heavy (non-hydrogen) atoms. The molecular weight excluding hydrogens is 395 g/mol. The van der Waals surface area contributed by atoms with E-state index in [4.69, 9.17) is 5.73 Å². The summed E-state index contributed by atoms with van der Waals surface area (Å²) in [5, 5.41) is 2.76. The fraction of sp³-hybridized carbons (Fsp3) is 0.579. The van der Waals surface area contributed by atoms with Crippen molar-refractivity contribution in [3.05, 3.63) is 29.3 Å². The number of alkyl halides is 3. The van der Waals surface area contributed by atoms with Crippen molar-refractivity contribution in [2.24, 2.45) is 11.7 Å². The van der Waals surface area contributed by atoms with Gasteiger partial charge in [0.2, 0.25) is 5.91 Å². The zero-order valence-corrected chi connectivity index (χ0v) is 17.0. The molecule has 2 rings (SSSR count). The number of halogens is 4. The van der Waals surface area contributed by atoms with Gasteiger partial charge in [-0.05, 0) is 43.9 Å². The Labute approximate surface area is 169 Å². The number of anilines is 1. The van der Waals surface area contributed by atoms with E-state index in [0.29, 0.717) is 19.4 Å². The minimum Gasteiger partial charge on any atom is -0.346 e. The van der Waals surface area contributed by atoms with Crippen LogP contribution in [0.3, 0.4) is 0 Å². The SMILES string of the molecule is CC(C)CC(C)(CN)NC(=O)c1cc(N2CCCC2=O)cc(C(F)(F)F)c1.Cl. The summed E-state index contributed by atoms with van der Waals surface area (Å²) in [6.07, 6.45) is -3.16. The second-order valence-electron chi connectivity index (χ2n) is 7.73. The molecule has 1 aliphatic heterocycles. The predicted molar refractivity (Wildman–Crippen MR) is 105 cm³/mol. The van der Waals surface area contributed by atoms with Crippen LogP contribution < -0.4 is 16.0 Å². The normalized spacial score (nSPS) is 16.7. The van der Waals surface area contributed by atoms with E-state index in [2.05, 4.69) is 5.32 Å². The average molecular weight is 422 g/mol. The standard InChI is InChI=1S/C19H26F3N3O2.ClH/c1-12(2)10-18(3,11-23)24-17(27)13-7-14(19(20,21)22)9-15(8-13)25-6-4-5-16(25)26;/h7-9,12H,4-6,10-11,23H2,1-3H3,(H,24,27);1H. The summed E-state index contributed by atoms with van der Waals surface area (Å²) in [5.74, 6) is -0.631. The summed E-state index contributed by atoms with van der Waals surface area (Å²) in [6.45, 7) is 6.22. The molecule has 0 bridgehead atoms. The Kier molecular flexibility index (Phi) is 7.91. The van der Waals surface area contributed by atoms with Crippen molar-refractivity contribution in [1.29, 1.82) is 0 Å². The molecule has 1 aromatic carbocycles. The van der Waals surface area contributed by atoms with Crippen molar-refractivity contribution < 1.29 is 22.8 Å². The van der Waals surface area contributed by atoms with Crippen LogP contribution in [0.1, 0.15) is 56.0 Å². The molecule has 0 saturated carbocycles. The van der Waals surface area contributed by atoms with Crippen LogP contribution in [0.25, 0.3) is 0 Å². The number of carbonyl (C=O) groups is 2. The van der Waals surface area contributed by atoms with Crippen LogP contribution in [0.2, 0.25) is 0 Å². The Hall–Kier alpha value is -1.80. The molecule has 3 N–H and O–H groups in total. The molecule has 0 aromatic heterocycles. The number of amides is 2. The third-order valence-electron chi connectivity index (χ3n) is 4.62. The molecular formula is C19H27ClF3N3O2. The number of hydrogen-bond donors (Lipinski definition) is 2. The van der Waals surface area contributed by atoms with Crippen molar-refractivity contribution in [3.63, 3.8) is 0 Å². The second kappa shape index (κ2) is 9.13. The smallest absolute Gasteiger partial charge is 0.346 e. The Balaban J connectivity index is 0.00000392. The van der Waals surface area contributed by atoms with Gasteiger partial charge in [0.05, 0.1) is 5.56 Å². The molecule has 2 amide bonds. The topological polar surface area (TPSA) is 75.4 Å². The minimum absolute atomic E-state index is 0. The van der Waals surface area contributed by atoms with Gasteiger partial charge in [-0.25, -0.2) is 0 Å². The highest BCUT2D eigenvalue weighted by Gasteiger charge is 2.34. The van der Waals surface area contributed by atoms with Crippen molar-refractivity contribution >= 4 is 29.9 Å². The van der Waals surface area contributed by atoms with E-state index >= 15 is 0 Å². The molecule has 0 radical (unpaired) electrons. The van der Waals surface area contributed by atoms with Crippen LogP contribution >= 0.6 is 12.4 Å². The number of rotatable bonds is 6. The van der Waals surface area contributed by atoms with Gasteiger partial charge in [-0.3, -0.25) is 9.59 Å². The number of nitrogens with two attached hydrogens (primary N) is 1. The third-order valence-corrected chi connectivity index (χ3v) is 4.62. The molecule has 5 nitrogen and oxygen atoms in total. The van der Waals surface area contributed by atoms with E-state index in [9.17, 15) is 22.8 Å². The first-order valence-corrected chi connectivity index (χ1v) is 9.00. The highest BCUT2D eigenvalue weighted by molar-refractivity contribution is 5.99. The van der Waals surface area contributed by atoms with Gasteiger partial charge >= 0.3 is 6.18 Å². The van der Waals surface area contributed by atoms with Gasteiger partial charge in [-0.1, -0.05) is 13.8 Å². The number of nitrogens with one attached hydrogen (secondary N) is 1. The predicted octanol–water partition coefficient (Wildman–Crippen LogP) is 3.75. The monoisotopic (exact) mass is 421 g/mol. The van der Waals surface area contributed by atoms with E-state index in [-0.39, 0.29) is 48.4 Å². The summed E-state index contributed by atoms with van der Waals surface area (Å²) in [7, 11) is 0. The van der Waals surface area contributed by atoms with Gasteiger partial charge < -0.3 is 16.0 Å².